The largest absolute Gasteiger partial charge is 0.457 e. The molecule has 0 saturated heterocycles. The Morgan fingerprint density at radius 2 is 1.85 bits per heavy atom. The third-order valence-corrected chi connectivity index (χ3v) is 13.4. The first kappa shape index (κ1) is 27.2. The van der Waals surface area contributed by atoms with Crippen molar-refractivity contribution in [3.8, 4) is 0 Å². The maximum absolute atomic E-state index is 11.9. The minimum absolute atomic E-state index is 0.197. The van der Waals surface area contributed by atoms with Gasteiger partial charge in [0.15, 0.2) is 6.10 Å². The summed E-state index contributed by atoms with van der Waals surface area (Å²) in [7, 11) is 0. The number of hydrogen-bond acceptors (Lipinski definition) is 3. The molecular weight excluding hydrogens is 556 g/mol. The quantitative estimate of drug-likeness (QED) is 0.190. The molecule has 0 aromatic carbocycles. The Morgan fingerprint density at radius 1 is 1.15 bits per heavy atom. The van der Waals surface area contributed by atoms with E-state index in [1.165, 1.54) is 57.4 Å². The number of rotatable bonds is 6. The van der Waals surface area contributed by atoms with Crippen molar-refractivity contribution in [2.45, 2.75) is 115 Å². The van der Waals surface area contributed by atoms with E-state index in [1.807, 2.05) is 0 Å². The third kappa shape index (κ3) is 4.30. The lowest BCUT2D eigenvalue weighted by atomic mass is 9.46. The Labute approximate surface area is 224 Å². The van der Waals surface area contributed by atoms with Crippen molar-refractivity contribution in [3.63, 3.8) is 0 Å². The summed E-state index contributed by atoms with van der Waals surface area (Å²) in [6.45, 7) is 13.6. The molecule has 4 rings (SSSR count). The van der Waals surface area contributed by atoms with Crippen LogP contribution in [0.5, 0.6) is 0 Å². The first-order chi connectivity index (χ1) is 15.8. The highest BCUT2D eigenvalue weighted by molar-refractivity contribution is 9.25. The van der Waals surface area contributed by atoms with Crippen LogP contribution in [0.4, 0.5) is 0 Å². The molecule has 9 atom stereocenters. The van der Waals surface area contributed by atoms with Crippen LogP contribution in [0.1, 0.15) is 99.3 Å². The van der Waals surface area contributed by atoms with Gasteiger partial charge in [-0.3, -0.25) is 4.79 Å². The maximum atomic E-state index is 11.9. The molecule has 194 valence electrons. The van der Waals surface area contributed by atoms with Crippen molar-refractivity contribution in [3.05, 3.63) is 11.6 Å². The van der Waals surface area contributed by atoms with Gasteiger partial charge in [-0.05, 0) is 79.4 Å². The topological polar surface area (TPSA) is 46.5 Å². The minimum Gasteiger partial charge on any atom is -0.457 e. The lowest BCUT2D eigenvalue weighted by Crippen LogP contribution is -2.63. The molecule has 0 radical (unpaired) electrons. The van der Waals surface area contributed by atoms with E-state index in [0.29, 0.717) is 23.7 Å². The fraction of sp³-hybridized carbons (Fsp3) is 0.897. The summed E-state index contributed by atoms with van der Waals surface area (Å²) in [5, 5.41) is 10.9. The van der Waals surface area contributed by atoms with Crippen LogP contribution in [0.15, 0.2) is 11.6 Å². The number of alkyl halides is 2. The molecule has 3 nitrogen and oxygen atoms in total. The number of aliphatic hydroxyl groups is 1. The summed E-state index contributed by atoms with van der Waals surface area (Å²) in [6, 6.07) is 0. The molecular formula is C29H46Br2O3. The number of ether oxygens (including phenoxy) is 1. The van der Waals surface area contributed by atoms with Gasteiger partial charge in [0.25, 0.3) is 0 Å². The van der Waals surface area contributed by atoms with Gasteiger partial charge in [-0.25, -0.2) is 0 Å². The number of allylic oxidation sites excluding steroid dienone is 1. The van der Waals surface area contributed by atoms with Crippen LogP contribution in [0.3, 0.4) is 0 Å². The first-order valence-electron chi connectivity index (χ1n) is 13.8. The molecule has 1 unspecified atom stereocenters. The number of carbonyl (C=O) groups is 1. The summed E-state index contributed by atoms with van der Waals surface area (Å²) in [5.74, 6) is 4.04. The van der Waals surface area contributed by atoms with Crippen LogP contribution in [0, 0.1) is 46.3 Å². The minimum atomic E-state index is -0.699. The fourth-order valence-corrected chi connectivity index (χ4v) is 10.9. The van der Waals surface area contributed by atoms with Crippen molar-refractivity contribution in [2.75, 3.05) is 0 Å². The third-order valence-electron chi connectivity index (χ3n) is 10.8. The van der Waals surface area contributed by atoms with E-state index in [1.54, 1.807) is 0 Å². The second kappa shape index (κ2) is 9.78. The molecule has 3 saturated carbocycles. The Balaban J connectivity index is 1.59. The van der Waals surface area contributed by atoms with E-state index in [2.05, 4.69) is 72.6 Å². The average Bonchev–Trinajstić information content (AvgIpc) is 3.09. The van der Waals surface area contributed by atoms with Gasteiger partial charge in [-0.2, -0.15) is 0 Å². The molecule has 4 aliphatic rings. The average molecular weight is 602 g/mol. The number of aliphatic hydroxyl groups excluding tert-OH is 1. The van der Waals surface area contributed by atoms with Crippen LogP contribution < -0.4 is 0 Å². The summed E-state index contributed by atoms with van der Waals surface area (Å²) >= 11 is 7.97. The standard InChI is InChI=1S/C29H46Br2O3/c1-17(2)8-7-9-18(3)22-12-13-23-21-11-10-20-16-25(33)26(34-19(4)32)29(30,31)28(20,6)24(21)14-15-27(22,23)5/h10,17-18,21-26,33H,7-9,11-16H2,1-6H3/t18-,21+,22-,23+,24+,25+,26?,27-,28+/m1/s1. The van der Waals surface area contributed by atoms with Crippen LogP contribution in [-0.2, 0) is 9.53 Å². The molecule has 5 heteroatoms. The highest BCUT2D eigenvalue weighted by Gasteiger charge is 2.67. The highest BCUT2D eigenvalue weighted by Crippen LogP contribution is 2.71. The molecule has 34 heavy (non-hydrogen) atoms. The fourth-order valence-electron chi connectivity index (χ4n) is 9.04. The van der Waals surface area contributed by atoms with Gasteiger partial charge in [-0.15, -0.1) is 0 Å². The molecule has 0 aromatic rings. The predicted molar refractivity (Wildman–Crippen MR) is 146 cm³/mol. The van der Waals surface area contributed by atoms with E-state index >= 15 is 0 Å². The lowest BCUT2D eigenvalue weighted by Gasteiger charge is -2.63. The predicted octanol–water partition coefficient (Wildman–Crippen LogP) is 8.03. The van der Waals surface area contributed by atoms with Gasteiger partial charge in [0.2, 0.25) is 0 Å². The molecule has 0 heterocycles. The summed E-state index contributed by atoms with van der Waals surface area (Å²) in [4.78, 5) is 11.9. The second-order valence-electron chi connectivity index (χ2n) is 13.0. The zero-order valence-electron chi connectivity index (χ0n) is 22.1. The van der Waals surface area contributed by atoms with Crippen LogP contribution >= 0.6 is 31.9 Å². The Bertz CT molecular complexity index is 807. The zero-order chi connectivity index (χ0) is 25.1. The Kier molecular flexibility index (Phi) is 7.82. The van der Waals surface area contributed by atoms with E-state index in [9.17, 15) is 9.90 Å². The molecule has 0 bridgehead atoms. The van der Waals surface area contributed by atoms with E-state index < -0.39 is 15.4 Å². The van der Waals surface area contributed by atoms with Crippen LogP contribution in [0.25, 0.3) is 0 Å². The summed E-state index contributed by atoms with van der Waals surface area (Å²) in [6.07, 6.45) is 12.2. The van der Waals surface area contributed by atoms with Gasteiger partial charge in [0.1, 0.15) is 3.23 Å². The monoisotopic (exact) mass is 600 g/mol. The van der Waals surface area contributed by atoms with Gasteiger partial charge in [-0.1, -0.05) is 97.4 Å². The molecule has 0 aromatic heterocycles. The number of hydrogen-bond donors (Lipinski definition) is 1. The van der Waals surface area contributed by atoms with Gasteiger partial charge in [0, 0.05) is 12.3 Å². The van der Waals surface area contributed by atoms with Crippen LogP contribution in [0.2, 0.25) is 0 Å². The Morgan fingerprint density at radius 3 is 2.50 bits per heavy atom. The van der Waals surface area contributed by atoms with Crippen molar-refractivity contribution >= 4 is 37.8 Å². The number of fused-ring (bicyclic) bond motifs is 5. The molecule has 0 spiro atoms. The van der Waals surface area contributed by atoms with E-state index in [4.69, 9.17) is 4.74 Å². The van der Waals surface area contributed by atoms with Gasteiger partial charge < -0.3 is 9.84 Å². The van der Waals surface area contributed by atoms with Crippen LogP contribution in [-0.4, -0.2) is 26.5 Å². The lowest BCUT2D eigenvalue weighted by molar-refractivity contribution is -0.160. The first-order valence-corrected chi connectivity index (χ1v) is 15.3. The Hall–Kier alpha value is 0.130. The SMILES string of the molecule is CC(=O)OC1[C@@H](O)CC2=CC[C@H]3[C@@H]4CC[C@H]([C@H](C)CCCC(C)C)[C@@]4(C)CC[C@@H]3[C@@]2(C)C1(Br)Br. The second-order valence-corrected chi connectivity index (χ2v) is 16.6. The van der Waals surface area contributed by atoms with Crippen molar-refractivity contribution in [1.29, 1.82) is 0 Å². The summed E-state index contributed by atoms with van der Waals surface area (Å²) in [5.41, 5.74) is 1.57. The zero-order valence-corrected chi connectivity index (χ0v) is 25.3. The molecule has 3 fully saturated rings. The highest BCUT2D eigenvalue weighted by atomic mass is 79.9. The number of carbonyl (C=O) groups excluding carboxylic acids is 1. The molecule has 0 amide bonds. The summed E-state index contributed by atoms with van der Waals surface area (Å²) < 4.78 is 5.05. The van der Waals surface area contributed by atoms with E-state index in [0.717, 1.165) is 30.1 Å². The van der Waals surface area contributed by atoms with Crippen molar-refractivity contribution in [2.24, 2.45) is 46.3 Å². The van der Waals surface area contributed by atoms with Gasteiger partial charge in [0.05, 0.1) is 6.10 Å². The number of esters is 1. The molecule has 0 aliphatic heterocycles. The maximum Gasteiger partial charge on any atom is 0.303 e. The smallest absolute Gasteiger partial charge is 0.303 e. The number of halogens is 2. The van der Waals surface area contributed by atoms with E-state index in [-0.39, 0.29) is 11.4 Å². The van der Waals surface area contributed by atoms with Crippen molar-refractivity contribution in [1.82, 2.24) is 0 Å². The van der Waals surface area contributed by atoms with Crippen molar-refractivity contribution < 1.29 is 14.6 Å². The normalized spacial score (nSPS) is 44.0. The molecule has 4 aliphatic carbocycles. The molecule has 1 N–H and O–H groups in total. The van der Waals surface area contributed by atoms with Gasteiger partial charge >= 0.3 is 5.97 Å².